The number of rotatable bonds is 5. The first-order valence-corrected chi connectivity index (χ1v) is 18.9. The predicted octanol–water partition coefficient (Wildman–Crippen LogP) is 14.8. The molecule has 0 aliphatic rings. The maximum Gasteiger partial charge on any atom is 0.137 e. The third-order valence-electron chi connectivity index (χ3n) is 11.2. The van der Waals surface area contributed by atoms with Crippen LogP contribution in [0.1, 0.15) is 9.60 Å². The van der Waals surface area contributed by atoms with Crippen LogP contribution in [0.25, 0.3) is 110 Å². The van der Waals surface area contributed by atoms with Gasteiger partial charge >= 0.3 is 0 Å². The molecule has 0 atom stereocenters. The zero-order valence-corrected chi connectivity index (χ0v) is 30.4. The molecule has 0 saturated heterocycles. The van der Waals surface area contributed by atoms with Gasteiger partial charge in [-0.25, -0.2) is 0 Å². The third-order valence-corrected chi connectivity index (χ3v) is 11.2. The van der Waals surface area contributed by atoms with Crippen molar-refractivity contribution >= 4 is 65.6 Å². The number of aromatic nitrogens is 2. The summed E-state index contributed by atoms with van der Waals surface area (Å²) in [4.78, 5) is 0. The quantitative estimate of drug-likeness (QED) is 0.173. The minimum absolute atomic E-state index is 0.0980. The molecule has 0 unspecified atom stereocenters. The van der Waals surface area contributed by atoms with Crippen molar-refractivity contribution in [1.82, 2.24) is 9.13 Å². The molecule has 57 heavy (non-hydrogen) atoms. The Morgan fingerprint density at radius 1 is 0.368 bits per heavy atom. The Kier molecular flexibility index (Phi) is 5.56. The Morgan fingerprint density at radius 3 is 1.91 bits per heavy atom. The minimum Gasteiger partial charge on any atom is -0.456 e. The van der Waals surface area contributed by atoms with Crippen molar-refractivity contribution in [3.63, 3.8) is 0 Å². The zero-order chi connectivity index (χ0) is 43.5. The normalized spacial score (nSPS) is 13.6. The second-order valence-electron chi connectivity index (χ2n) is 14.4. The number of hydrogen-bond donors (Lipinski definition) is 0. The van der Waals surface area contributed by atoms with E-state index in [9.17, 15) is 6.85 Å². The van der Waals surface area contributed by atoms with Crippen LogP contribution >= 0.6 is 0 Å². The van der Waals surface area contributed by atoms with E-state index in [1.807, 2.05) is 97.1 Å². The van der Waals surface area contributed by atoms with Gasteiger partial charge < -0.3 is 13.6 Å². The first-order chi connectivity index (χ1) is 31.2. The van der Waals surface area contributed by atoms with Gasteiger partial charge in [0.1, 0.15) is 11.2 Å². The molecule has 3 nitrogen and oxygen atoms in total. The highest BCUT2D eigenvalue weighted by Gasteiger charge is 2.19. The van der Waals surface area contributed by atoms with Gasteiger partial charge in [-0.3, -0.25) is 0 Å². The van der Waals surface area contributed by atoms with Crippen LogP contribution in [0.3, 0.4) is 0 Å². The summed E-state index contributed by atoms with van der Waals surface area (Å²) in [6.07, 6.45) is 0. The predicted molar refractivity (Wildman–Crippen MR) is 239 cm³/mol. The number of benzene rings is 9. The second-order valence-corrected chi connectivity index (χ2v) is 14.4. The number of furan rings is 1. The van der Waals surface area contributed by atoms with Crippen molar-refractivity contribution in [2.24, 2.45) is 0 Å². The van der Waals surface area contributed by atoms with Crippen molar-refractivity contribution in [2.75, 3.05) is 0 Å². The van der Waals surface area contributed by atoms with Gasteiger partial charge in [0.05, 0.1) is 31.7 Å². The van der Waals surface area contributed by atoms with E-state index in [0.717, 1.165) is 60.5 Å². The number of hydrogen-bond acceptors (Lipinski definition) is 1. The molecule has 12 aromatic rings. The van der Waals surface area contributed by atoms with Gasteiger partial charge in [0.2, 0.25) is 0 Å². The Hall–Kier alpha value is -7.62. The Morgan fingerprint density at radius 2 is 1.05 bits per heavy atom. The largest absolute Gasteiger partial charge is 0.456 e. The minimum atomic E-state index is -0.438. The van der Waals surface area contributed by atoms with Gasteiger partial charge in [0.25, 0.3) is 0 Å². The molecular formula is C54H34N2O. The van der Waals surface area contributed by atoms with Crippen molar-refractivity contribution in [3.05, 3.63) is 206 Å². The van der Waals surface area contributed by atoms with Crippen LogP contribution in [0.15, 0.2) is 211 Å². The highest BCUT2D eigenvalue weighted by Crippen LogP contribution is 2.42. The molecule has 0 N–H and O–H groups in total. The van der Waals surface area contributed by atoms with Gasteiger partial charge in [-0.15, -0.1) is 0 Å². The molecule has 0 amide bonds. The third kappa shape index (κ3) is 4.92. The van der Waals surface area contributed by atoms with Crippen molar-refractivity contribution < 1.29 is 14.0 Å². The van der Waals surface area contributed by atoms with Crippen LogP contribution in [0.2, 0.25) is 0 Å². The van der Waals surface area contributed by atoms with E-state index in [2.05, 4.69) is 65.2 Å². The van der Waals surface area contributed by atoms with E-state index >= 15 is 0 Å². The smallest absolute Gasteiger partial charge is 0.137 e. The summed E-state index contributed by atoms with van der Waals surface area (Å²) in [6.45, 7) is 0. The molecule has 3 heterocycles. The molecule has 3 heteroatoms. The number of nitrogens with zero attached hydrogens (tertiary/aromatic N) is 2. The van der Waals surface area contributed by atoms with Gasteiger partial charge in [0.15, 0.2) is 0 Å². The van der Waals surface area contributed by atoms with E-state index in [-0.39, 0.29) is 57.6 Å². The fourth-order valence-corrected chi connectivity index (χ4v) is 8.55. The summed E-state index contributed by atoms with van der Waals surface area (Å²) in [5.74, 6) is 0. The SMILES string of the molecule is [2H]c1c([2H])c([2H])c2c(c1[2H])c1c([2H])c(-c3ccc4c(c3)c3cccc(-c5ccccc5)c3n4-c3ccc(-c4ccccc4)cc3)c([2H])c([2H])c1n2-c1ccc2c(c1)oc1ccccc12. The number of para-hydroxylation sites is 3. The summed E-state index contributed by atoms with van der Waals surface area (Å²) in [6, 6.07) is 52.4. The molecule has 0 aliphatic heterocycles. The Balaban J connectivity index is 1.12. The fraction of sp³-hybridized carbons (Fsp3) is 0. The summed E-state index contributed by atoms with van der Waals surface area (Å²) < 4.78 is 75.1. The molecule has 0 spiro atoms. The van der Waals surface area contributed by atoms with Crippen molar-refractivity contribution in [2.45, 2.75) is 0 Å². The molecule has 3 aromatic heterocycles. The number of fused-ring (bicyclic) bond motifs is 9. The molecule has 12 rings (SSSR count). The average molecular weight is 734 g/mol. The van der Waals surface area contributed by atoms with E-state index in [4.69, 9.17) is 7.16 Å². The van der Waals surface area contributed by atoms with Crippen LogP contribution in [0.5, 0.6) is 0 Å². The fourth-order valence-electron chi connectivity index (χ4n) is 8.55. The van der Waals surface area contributed by atoms with Crippen molar-refractivity contribution in [3.8, 4) is 44.8 Å². The zero-order valence-electron chi connectivity index (χ0n) is 37.4. The lowest BCUT2D eigenvalue weighted by atomic mass is 9.99. The molecule has 0 radical (unpaired) electrons. The van der Waals surface area contributed by atoms with Gasteiger partial charge in [-0.05, 0) is 88.4 Å². The molecule has 9 aromatic carbocycles. The van der Waals surface area contributed by atoms with Crippen LogP contribution < -0.4 is 0 Å². The van der Waals surface area contributed by atoms with E-state index in [1.165, 1.54) is 0 Å². The van der Waals surface area contributed by atoms with Crippen LogP contribution in [-0.2, 0) is 0 Å². The molecule has 266 valence electrons. The standard InChI is InChI=1S/C54H34N2O/c1-3-12-35(13-4-1)36-22-26-40(27-23-36)56-51-31-25-39(33-48(51)46-19-11-18-42(54(46)56)37-14-5-2-6-15-37)38-24-30-50-47(32-38)43-16-7-9-20-49(43)55(50)41-28-29-45-44-17-8-10-21-52(44)57-53(45)34-41/h1-34H/i7D,9D,16D,20D,24D,30D,32D. The first-order valence-electron chi connectivity index (χ1n) is 22.4. The summed E-state index contributed by atoms with van der Waals surface area (Å²) in [5, 5.41) is 3.96. The van der Waals surface area contributed by atoms with E-state index < -0.39 is 12.1 Å². The maximum absolute atomic E-state index is 9.92. The van der Waals surface area contributed by atoms with Crippen LogP contribution in [0.4, 0.5) is 0 Å². The highest BCUT2D eigenvalue weighted by molar-refractivity contribution is 6.16. The topological polar surface area (TPSA) is 23.0 Å². The molecule has 0 fully saturated rings. The summed E-state index contributed by atoms with van der Waals surface area (Å²) >= 11 is 0. The molecule has 0 bridgehead atoms. The lowest BCUT2D eigenvalue weighted by Crippen LogP contribution is -1.95. The lowest BCUT2D eigenvalue weighted by Gasteiger charge is -2.13. The lowest BCUT2D eigenvalue weighted by molar-refractivity contribution is 0.668. The van der Waals surface area contributed by atoms with E-state index in [0.29, 0.717) is 22.4 Å². The maximum atomic E-state index is 9.92. The summed E-state index contributed by atoms with van der Waals surface area (Å²) in [7, 11) is 0. The van der Waals surface area contributed by atoms with Gasteiger partial charge in [-0.2, -0.15) is 0 Å². The molecule has 0 saturated carbocycles. The van der Waals surface area contributed by atoms with Gasteiger partial charge in [-0.1, -0.05) is 139 Å². The van der Waals surface area contributed by atoms with Crippen LogP contribution in [0, 0.1) is 0 Å². The Labute approximate surface area is 338 Å². The highest BCUT2D eigenvalue weighted by atomic mass is 16.3. The Bertz CT molecular complexity index is 3910. The van der Waals surface area contributed by atoms with Crippen LogP contribution in [-0.4, -0.2) is 9.13 Å². The molecular weight excluding hydrogens is 693 g/mol. The average Bonchev–Trinajstić information content (AvgIpc) is 4.01. The first kappa shape index (κ1) is 25.5. The van der Waals surface area contributed by atoms with E-state index in [1.54, 1.807) is 10.6 Å². The second kappa shape index (κ2) is 12.5. The van der Waals surface area contributed by atoms with Crippen molar-refractivity contribution in [1.29, 1.82) is 0 Å². The summed E-state index contributed by atoms with van der Waals surface area (Å²) in [5.41, 5.74) is 9.99. The van der Waals surface area contributed by atoms with Gasteiger partial charge in [0, 0.05) is 55.3 Å². The monoisotopic (exact) mass is 733 g/mol. The molecule has 0 aliphatic carbocycles.